The molecule has 0 amide bonds. The van der Waals surface area contributed by atoms with Crippen LogP contribution in [0, 0.1) is 0 Å². The number of guanidine groups is 1. The van der Waals surface area contributed by atoms with Gasteiger partial charge in [-0.1, -0.05) is 27.5 Å². The Hall–Kier alpha value is -1.46. The average Bonchev–Trinajstić information content (AvgIpc) is 2.99. The van der Waals surface area contributed by atoms with Gasteiger partial charge in [0.2, 0.25) is 0 Å². The van der Waals surface area contributed by atoms with Crippen LogP contribution in [0.5, 0.6) is 0 Å². The molecule has 112 valence electrons. The number of nitrogens with zero attached hydrogens (tertiary/aromatic N) is 1. The van der Waals surface area contributed by atoms with Gasteiger partial charge in [-0.15, -0.1) is 0 Å². The molecule has 1 aromatic heterocycles. The third kappa shape index (κ3) is 5.10. The second kappa shape index (κ2) is 8.10. The lowest BCUT2D eigenvalue weighted by Gasteiger charge is -2.11. The van der Waals surface area contributed by atoms with Gasteiger partial charge in [0.15, 0.2) is 5.96 Å². The molecule has 0 bridgehead atoms. The van der Waals surface area contributed by atoms with Gasteiger partial charge in [-0.2, -0.15) is 0 Å². The largest absolute Gasteiger partial charge is 0.467 e. The van der Waals surface area contributed by atoms with Crippen LogP contribution in [0.2, 0.25) is 5.02 Å². The summed E-state index contributed by atoms with van der Waals surface area (Å²) in [4.78, 5) is 4.17. The summed E-state index contributed by atoms with van der Waals surface area (Å²) in [6.45, 7) is 1.37. The average molecular weight is 371 g/mol. The van der Waals surface area contributed by atoms with E-state index in [-0.39, 0.29) is 0 Å². The molecule has 0 radical (unpaired) electrons. The first kappa shape index (κ1) is 15.9. The molecule has 0 spiro atoms. The summed E-state index contributed by atoms with van der Waals surface area (Å²) in [6, 6.07) is 9.58. The zero-order valence-corrected chi connectivity index (χ0v) is 14.0. The van der Waals surface area contributed by atoms with E-state index in [0.717, 1.165) is 39.7 Å². The molecule has 1 heterocycles. The fourth-order valence-electron chi connectivity index (χ4n) is 1.86. The molecule has 0 aliphatic rings. The van der Waals surface area contributed by atoms with Gasteiger partial charge in [0.1, 0.15) is 5.76 Å². The van der Waals surface area contributed by atoms with E-state index in [9.17, 15) is 0 Å². The molecule has 1 aromatic carbocycles. The fourth-order valence-corrected chi connectivity index (χ4v) is 2.49. The smallest absolute Gasteiger partial charge is 0.191 e. The first-order chi connectivity index (χ1) is 10.2. The van der Waals surface area contributed by atoms with Crippen LogP contribution in [0.15, 0.2) is 50.5 Å². The van der Waals surface area contributed by atoms with Crippen molar-refractivity contribution in [3.63, 3.8) is 0 Å². The predicted molar refractivity (Wildman–Crippen MR) is 89.8 cm³/mol. The number of halogens is 2. The first-order valence-electron chi connectivity index (χ1n) is 6.60. The van der Waals surface area contributed by atoms with E-state index in [0.29, 0.717) is 6.54 Å². The van der Waals surface area contributed by atoms with Crippen molar-refractivity contribution in [1.82, 2.24) is 10.6 Å². The molecular formula is C15H17BrClN3O. The van der Waals surface area contributed by atoms with Crippen molar-refractivity contribution in [2.45, 2.75) is 13.0 Å². The van der Waals surface area contributed by atoms with Crippen LogP contribution in [0.1, 0.15) is 11.3 Å². The van der Waals surface area contributed by atoms with Gasteiger partial charge >= 0.3 is 0 Å². The van der Waals surface area contributed by atoms with Crippen LogP contribution in [-0.2, 0) is 13.0 Å². The van der Waals surface area contributed by atoms with Gasteiger partial charge in [0.25, 0.3) is 0 Å². The van der Waals surface area contributed by atoms with E-state index < -0.39 is 0 Å². The lowest BCUT2D eigenvalue weighted by atomic mass is 10.1. The number of benzene rings is 1. The van der Waals surface area contributed by atoms with Crippen molar-refractivity contribution in [3.8, 4) is 0 Å². The zero-order chi connectivity index (χ0) is 15.1. The van der Waals surface area contributed by atoms with Crippen LogP contribution in [-0.4, -0.2) is 19.6 Å². The lowest BCUT2D eigenvalue weighted by molar-refractivity contribution is 0.501. The molecular weight excluding hydrogens is 354 g/mol. The summed E-state index contributed by atoms with van der Waals surface area (Å²) in [5, 5.41) is 7.20. The molecule has 2 aromatic rings. The molecule has 0 atom stereocenters. The maximum absolute atomic E-state index is 6.00. The number of furan rings is 1. The van der Waals surface area contributed by atoms with Gasteiger partial charge in [-0.25, -0.2) is 0 Å². The zero-order valence-electron chi connectivity index (χ0n) is 11.7. The number of hydrogen-bond acceptors (Lipinski definition) is 2. The molecule has 4 nitrogen and oxygen atoms in total. The highest BCUT2D eigenvalue weighted by Gasteiger charge is 2.03. The Bertz CT molecular complexity index is 599. The third-order valence-electron chi connectivity index (χ3n) is 2.93. The Kier molecular flexibility index (Phi) is 6.14. The number of hydrogen-bond donors (Lipinski definition) is 2. The maximum Gasteiger partial charge on any atom is 0.191 e. The Balaban J connectivity index is 1.79. The maximum atomic E-state index is 6.00. The molecule has 0 saturated heterocycles. The minimum atomic E-state index is 0.605. The Labute approximate surface area is 137 Å². The summed E-state index contributed by atoms with van der Waals surface area (Å²) in [5.41, 5.74) is 1.16. The van der Waals surface area contributed by atoms with Crippen molar-refractivity contribution in [3.05, 3.63) is 57.4 Å². The number of rotatable bonds is 5. The Morgan fingerprint density at radius 1 is 1.33 bits per heavy atom. The van der Waals surface area contributed by atoms with Gasteiger partial charge < -0.3 is 15.1 Å². The highest BCUT2D eigenvalue weighted by molar-refractivity contribution is 9.10. The molecule has 21 heavy (non-hydrogen) atoms. The molecule has 0 saturated carbocycles. The second-order valence-electron chi connectivity index (χ2n) is 4.42. The number of aliphatic imine (C=N–C) groups is 1. The van der Waals surface area contributed by atoms with Crippen LogP contribution < -0.4 is 10.6 Å². The van der Waals surface area contributed by atoms with Crippen molar-refractivity contribution < 1.29 is 4.42 Å². The molecule has 2 N–H and O–H groups in total. The minimum absolute atomic E-state index is 0.605. The minimum Gasteiger partial charge on any atom is -0.467 e. The molecule has 6 heteroatoms. The molecule has 2 rings (SSSR count). The van der Waals surface area contributed by atoms with E-state index in [4.69, 9.17) is 16.0 Å². The topological polar surface area (TPSA) is 49.6 Å². The SMILES string of the molecule is CN=C(NCCc1cc(Cl)ccc1Br)NCc1ccco1. The molecule has 0 aliphatic carbocycles. The Morgan fingerprint density at radius 2 is 2.19 bits per heavy atom. The van der Waals surface area contributed by atoms with E-state index in [1.165, 1.54) is 0 Å². The molecule has 0 fully saturated rings. The van der Waals surface area contributed by atoms with Crippen LogP contribution >= 0.6 is 27.5 Å². The van der Waals surface area contributed by atoms with Crippen LogP contribution in [0.25, 0.3) is 0 Å². The van der Waals surface area contributed by atoms with Crippen molar-refractivity contribution in [2.75, 3.05) is 13.6 Å². The monoisotopic (exact) mass is 369 g/mol. The van der Waals surface area contributed by atoms with Crippen molar-refractivity contribution in [2.24, 2.45) is 4.99 Å². The van der Waals surface area contributed by atoms with Crippen molar-refractivity contribution >= 4 is 33.5 Å². The first-order valence-corrected chi connectivity index (χ1v) is 7.77. The van der Waals surface area contributed by atoms with E-state index in [1.807, 2.05) is 30.3 Å². The Morgan fingerprint density at radius 3 is 2.90 bits per heavy atom. The van der Waals surface area contributed by atoms with E-state index in [2.05, 4.69) is 31.6 Å². The van der Waals surface area contributed by atoms with Gasteiger partial charge in [0.05, 0.1) is 12.8 Å². The summed E-state index contributed by atoms with van der Waals surface area (Å²) in [5.74, 6) is 1.61. The number of nitrogens with one attached hydrogen (secondary N) is 2. The van der Waals surface area contributed by atoms with Crippen molar-refractivity contribution in [1.29, 1.82) is 0 Å². The van der Waals surface area contributed by atoms with Crippen LogP contribution in [0.4, 0.5) is 0 Å². The van der Waals surface area contributed by atoms with Gasteiger partial charge in [-0.3, -0.25) is 4.99 Å². The molecule has 0 unspecified atom stereocenters. The van der Waals surface area contributed by atoms with Crippen LogP contribution in [0.3, 0.4) is 0 Å². The highest BCUT2D eigenvalue weighted by Crippen LogP contribution is 2.21. The second-order valence-corrected chi connectivity index (χ2v) is 5.71. The van der Waals surface area contributed by atoms with Gasteiger partial charge in [-0.05, 0) is 42.3 Å². The normalized spacial score (nSPS) is 11.5. The standard InChI is InChI=1S/C15H17BrClN3O/c1-18-15(20-10-13-3-2-8-21-13)19-7-6-11-9-12(17)4-5-14(11)16/h2-5,8-9H,6-7,10H2,1H3,(H2,18,19,20). The predicted octanol–water partition coefficient (Wildman–Crippen LogP) is 3.60. The summed E-state index contributed by atoms with van der Waals surface area (Å²) < 4.78 is 6.33. The quantitative estimate of drug-likeness (QED) is 0.624. The summed E-state index contributed by atoms with van der Waals surface area (Å²) in [7, 11) is 1.74. The molecule has 0 aliphatic heterocycles. The highest BCUT2D eigenvalue weighted by atomic mass is 79.9. The van der Waals surface area contributed by atoms with Gasteiger partial charge in [0, 0.05) is 23.1 Å². The summed E-state index contributed by atoms with van der Waals surface area (Å²) in [6.07, 6.45) is 2.51. The fraction of sp³-hybridized carbons (Fsp3) is 0.267. The lowest BCUT2D eigenvalue weighted by Crippen LogP contribution is -2.37. The third-order valence-corrected chi connectivity index (χ3v) is 3.94. The van der Waals surface area contributed by atoms with E-state index >= 15 is 0 Å². The summed E-state index contributed by atoms with van der Waals surface area (Å²) >= 11 is 9.53. The van der Waals surface area contributed by atoms with E-state index in [1.54, 1.807) is 13.3 Å².